The highest BCUT2D eigenvalue weighted by Crippen LogP contribution is 2.12. The normalized spacial score (nSPS) is 14.2. The van der Waals surface area contributed by atoms with E-state index < -0.39 is 10.8 Å². The van der Waals surface area contributed by atoms with Crippen LogP contribution >= 0.6 is 0 Å². The maximum absolute atomic E-state index is 10.8. The predicted octanol–water partition coefficient (Wildman–Crippen LogP) is 2.23. The molecular weight excluding hydrogens is 184 g/mol. The topological polar surface area (TPSA) is 37.3 Å². The van der Waals surface area contributed by atoms with Gasteiger partial charge in [-0.25, -0.2) is 0 Å². The van der Waals surface area contributed by atoms with Gasteiger partial charge in [-0.3, -0.25) is 4.21 Å². The second kappa shape index (κ2) is 4.23. The first-order valence-corrected chi connectivity index (χ1v) is 5.52. The molecule has 0 aliphatic rings. The molecule has 0 bridgehead atoms. The number of hydrogen-bond acceptors (Lipinski definition) is 2. The zero-order valence-electron chi connectivity index (χ0n) is 7.65. The quantitative estimate of drug-likeness (QED) is 0.736. The van der Waals surface area contributed by atoms with Crippen molar-refractivity contribution in [3.8, 4) is 0 Å². The molecule has 1 aromatic carbocycles. The second-order valence-corrected chi connectivity index (χ2v) is 4.10. The van der Waals surface area contributed by atoms with E-state index in [4.69, 9.17) is 0 Å². The van der Waals surface area contributed by atoms with E-state index in [1.165, 1.54) is 11.7 Å². The van der Waals surface area contributed by atoms with Gasteiger partial charge in [0.15, 0.2) is 0 Å². The maximum atomic E-state index is 10.8. The summed E-state index contributed by atoms with van der Waals surface area (Å²) in [6.07, 6.45) is 1.52. The zero-order chi connectivity index (χ0) is 9.84. The van der Waals surface area contributed by atoms with Crippen molar-refractivity contribution >= 4 is 16.6 Å². The third-order valence-corrected chi connectivity index (χ3v) is 2.18. The fourth-order valence-electron chi connectivity index (χ4n) is 0.950. The minimum atomic E-state index is -1.11. The first-order chi connectivity index (χ1) is 6.09. The molecule has 1 atom stereocenters. The Labute approximate surface area is 80.4 Å². The highest BCUT2D eigenvalue weighted by molar-refractivity contribution is 7.87. The lowest BCUT2D eigenvalue weighted by atomic mass is 10.1. The van der Waals surface area contributed by atoms with E-state index in [0.29, 0.717) is 5.56 Å². The Balaban J connectivity index is 2.96. The highest BCUT2D eigenvalue weighted by Gasteiger charge is 1.98. The van der Waals surface area contributed by atoms with Crippen LogP contribution in [0.4, 0.5) is 0 Å². The molecule has 0 aliphatic carbocycles. The van der Waals surface area contributed by atoms with Crippen molar-refractivity contribution in [1.29, 1.82) is 0 Å². The van der Waals surface area contributed by atoms with Crippen LogP contribution in [0.5, 0.6) is 0 Å². The third-order valence-electron chi connectivity index (χ3n) is 1.62. The van der Waals surface area contributed by atoms with Crippen LogP contribution < -0.4 is 0 Å². The number of rotatable bonds is 2. The fourth-order valence-corrected chi connectivity index (χ4v) is 1.40. The Bertz CT molecular complexity index is 338. The van der Waals surface area contributed by atoms with E-state index in [9.17, 15) is 9.32 Å². The van der Waals surface area contributed by atoms with Crippen LogP contribution in [0.3, 0.4) is 0 Å². The fraction of sp³-hybridized carbons (Fsp3) is 0.200. The zero-order valence-corrected chi connectivity index (χ0v) is 8.47. The van der Waals surface area contributed by atoms with Gasteiger partial charge in [0.2, 0.25) is 0 Å². The van der Waals surface area contributed by atoms with Crippen LogP contribution in [0, 0.1) is 6.92 Å². The smallest absolute Gasteiger partial charge is 0.131 e. The summed E-state index contributed by atoms with van der Waals surface area (Å²) < 4.78 is 10.8. The summed E-state index contributed by atoms with van der Waals surface area (Å²) in [6, 6.07) is 7.40. The van der Waals surface area contributed by atoms with Gasteiger partial charge in [0, 0.05) is 28.0 Å². The molecule has 0 fully saturated rings. The largest absolute Gasteiger partial charge is 0.507 e. The molecule has 0 aromatic heterocycles. The number of hydrogen-bond donors (Lipinski definition) is 1. The van der Waals surface area contributed by atoms with Gasteiger partial charge in [-0.2, -0.15) is 0 Å². The summed E-state index contributed by atoms with van der Waals surface area (Å²) in [5.41, 5.74) is 1.83. The molecule has 0 saturated heterocycles. The first-order valence-electron chi connectivity index (χ1n) is 3.89. The molecule has 0 aliphatic heterocycles. The van der Waals surface area contributed by atoms with Gasteiger partial charge in [0.1, 0.15) is 5.76 Å². The van der Waals surface area contributed by atoms with Crippen LogP contribution in [0.2, 0.25) is 0 Å². The van der Waals surface area contributed by atoms with Gasteiger partial charge in [-0.15, -0.1) is 0 Å². The van der Waals surface area contributed by atoms with E-state index in [2.05, 4.69) is 0 Å². The number of benzene rings is 1. The van der Waals surface area contributed by atoms with E-state index >= 15 is 0 Å². The first kappa shape index (κ1) is 9.99. The lowest BCUT2D eigenvalue weighted by molar-refractivity contribution is 0.513. The van der Waals surface area contributed by atoms with E-state index in [1.807, 2.05) is 19.1 Å². The molecule has 1 unspecified atom stereocenters. The summed E-state index contributed by atoms with van der Waals surface area (Å²) in [5.74, 6) is 0.0702. The van der Waals surface area contributed by atoms with Crippen LogP contribution in [0.15, 0.2) is 29.7 Å². The van der Waals surface area contributed by atoms with Crippen LogP contribution in [-0.2, 0) is 10.8 Å². The lowest BCUT2D eigenvalue weighted by Crippen LogP contribution is -1.86. The van der Waals surface area contributed by atoms with Crippen molar-refractivity contribution in [3.05, 3.63) is 40.8 Å². The molecule has 13 heavy (non-hydrogen) atoms. The molecule has 0 spiro atoms. The summed E-state index contributed by atoms with van der Waals surface area (Å²) in [7, 11) is -1.11. The Morgan fingerprint density at radius 1 is 1.38 bits per heavy atom. The Hall–Kier alpha value is -1.09. The summed E-state index contributed by atoms with van der Waals surface area (Å²) in [4.78, 5) is 0. The number of aliphatic hydroxyl groups is 1. The molecular formula is C10H12O2S. The molecule has 0 radical (unpaired) electrons. The molecule has 1 rings (SSSR count). The van der Waals surface area contributed by atoms with Gasteiger partial charge in [-0.05, 0) is 6.92 Å². The standard InChI is InChI=1S/C10H12O2S/c1-8-3-5-9(6-4-8)10(11)7-13(2)12/h3-7,11H,1-2H3/b10-7-. The Morgan fingerprint density at radius 3 is 2.38 bits per heavy atom. The molecule has 1 N–H and O–H groups in total. The average Bonchev–Trinajstić information content (AvgIpc) is 2.04. The van der Waals surface area contributed by atoms with Crippen LogP contribution in [-0.4, -0.2) is 15.6 Å². The Morgan fingerprint density at radius 2 is 1.92 bits per heavy atom. The molecule has 70 valence electrons. The van der Waals surface area contributed by atoms with Crippen molar-refractivity contribution in [3.63, 3.8) is 0 Å². The number of aryl methyl sites for hydroxylation is 1. The van der Waals surface area contributed by atoms with Gasteiger partial charge >= 0.3 is 0 Å². The summed E-state index contributed by atoms with van der Waals surface area (Å²) in [6.45, 7) is 1.97. The second-order valence-electron chi connectivity index (χ2n) is 2.87. The molecule has 0 heterocycles. The minimum absolute atomic E-state index is 0.0702. The summed E-state index contributed by atoms with van der Waals surface area (Å²) >= 11 is 0. The lowest BCUT2D eigenvalue weighted by Gasteiger charge is -1.99. The Kier molecular flexibility index (Phi) is 3.25. The van der Waals surface area contributed by atoms with Crippen molar-refractivity contribution in [1.82, 2.24) is 0 Å². The predicted molar refractivity (Wildman–Crippen MR) is 55.9 cm³/mol. The van der Waals surface area contributed by atoms with Crippen molar-refractivity contribution < 1.29 is 9.32 Å². The van der Waals surface area contributed by atoms with Gasteiger partial charge in [0.25, 0.3) is 0 Å². The highest BCUT2D eigenvalue weighted by atomic mass is 32.2. The SMILES string of the molecule is Cc1ccc(/C(O)=C/S(C)=O)cc1. The van der Waals surface area contributed by atoms with Crippen LogP contribution in [0.1, 0.15) is 11.1 Å². The molecule has 1 aromatic rings. The average molecular weight is 196 g/mol. The molecule has 0 saturated carbocycles. The maximum Gasteiger partial charge on any atom is 0.131 e. The van der Waals surface area contributed by atoms with Gasteiger partial charge in [0.05, 0.1) is 0 Å². The van der Waals surface area contributed by atoms with Gasteiger partial charge in [-0.1, -0.05) is 29.8 Å². The van der Waals surface area contributed by atoms with E-state index in [0.717, 1.165) is 5.56 Å². The van der Waals surface area contributed by atoms with Crippen molar-refractivity contribution in [2.75, 3.05) is 6.26 Å². The third kappa shape index (κ3) is 3.03. The minimum Gasteiger partial charge on any atom is -0.507 e. The van der Waals surface area contributed by atoms with Gasteiger partial charge < -0.3 is 5.11 Å². The molecule has 2 nitrogen and oxygen atoms in total. The summed E-state index contributed by atoms with van der Waals surface area (Å²) in [5, 5.41) is 10.8. The van der Waals surface area contributed by atoms with E-state index in [-0.39, 0.29) is 5.76 Å². The van der Waals surface area contributed by atoms with Crippen molar-refractivity contribution in [2.24, 2.45) is 0 Å². The van der Waals surface area contributed by atoms with E-state index in [1.54, 1.807) is 12.1 Å². The molecule has 0 amide bonds. The molecule has 3 heteroatoms. The monoisotopic (exact) mass is 196 g/mol. The van der Waals surface area contributed by atoms with Crippen molar-refractivity contribution in [2.45, 2.75) is 6.92 Å². The van der Waals surface area contributed by atoms with Crippen LogP contribution in [0.25, 0.3) is 5.76 Å². The number of aliphatic hydroxyl groups excluding tert-OH is 1.